The molecule has 0 saturated carbocycles. The number of nitrogens with zero attached hydrogens (tertiary/aromatic N) is 2. The highest BCUT2D eigenvalue weighted by atomic mass is 16.4. The van der Waals surface area contributed by atoms with Crippen molar-refractivity contribution in [1.82, 2.24) is 9.88 Å². The summed E-state index contributed by atoms with van der Waals surface area (Å²) in [6.07, 6.45) is 3.44. The van der Waals surface area contributed by atoms with Crippen LogP contribution in [0.5, 0.6) is 0 Å². The zero-order valence-electron chi connectivity index (χ0n) is 7.19. The van der Waals surface area contributed by atoms with Gasteiger partial charge in [-0.1, -0.05) is 0 Å². The minimum absolute atomic E-state index is 0.0440. The van der Waals surface area contributed by atoms with Crippen LogP contribution >= 0.6 is 0 Å². The van der Waals surface area contributed by atoms with E-state index in [0.717, 1.165) is 25.9 Å². The Balaban J connectivity index is 2.12. The van der Waals surface area contributed by atoms with E-state index in [-0.39, 0.29) is 11.9 Å². The topological polar surface area (TPSA) is 72.4 Å². The summed E-state index contributed by atoms with van der Waals surface area (Å²) in [6, 6.07) is 0.0440. The van der Waals surface area contributed by atoms with Gasteiger partial charge < -0.3 is 15.1 Å². The molecule has 0 unspecified atom stereocenters. The second kappa shape index (κ2) is 3.08. The fraction of sp³-hybridized carbons (Fsp3) is 0.500. The van der Waals surface area contributed by atoms with E-state index in [9.17, 15) is 4.79 Å². The average molecular weight is 181 g/mol. The van der Waals surface area contributed by atoms with Gasteiger partial charge in [-0.25, -0.2) is 0 Å². The maximum absolute atomic E-state index is 11.6. The van der Waals surface area contributed by atoms with Crippen molar-refractivity contribution in [2.45, 2.75) is 12.8 Å². The van der Waals surface area contributed by atoms with Crippen molar-refractivity contribution in [2.24, 2.45) is 0 Å². The maximum atomic E-state index is 11.6. The predicted octanol–water partition coefficient (Wildman–Crippen LogP) is 0.493. The third-order valence-electron chi connectivity index (χ3n) is 2.13. The molecule has 0 atom stereocenters. The Morgan fingerprint density at radius 2 is 2.23 bits per heavy atom. The third kappa shape index (κ3) is 1.49. The number of carbonyl (C=O) groups is 1. The maximum Gasteiger partial charge on any atom is 0.292 e. The molecular weight excluding hydrogens is 170 g/mol. The Morgan fingerprint density at radius 3 is 2.77 bits per heavy atom. The van der Waals surface area contributed by atoms with Crippen molar-refractivity contribution in [3.05, 3.63) is 12.0 Å². The van der Waals surface area contributed by atoms with Crippen LogP contribution in [0.15, 0.2) is 10.7 Å². The first-order valence-electron chi connectivity index (χ1n) is 4.27. The normalized spacial score (nSPS) is 16.5. The molecule has 0 aliphatic carbocycles. The lowest BCUT2D eigenvalue weighted by Crippen LogP contribution is -2.27. The van der Waals surface area contributed by atoms with Crippen molar-refractivity contribution < 1.29 is 9.21 Å². The first kappa shape index (κ1) is 8.10. The number of rotatable bonds is 1. The van der Waals surface area contributed by atoms with Crippen molar-refractivity contribution >= 4 is 11.9 Å². The lowest BCUT2D eigenvalue weighted by molar-refractivity contribution is 0.0787. The van der Waals surface area contributed by atoms with Gasteiger partial charge >= 0.3 is 0 Å². The molecule has 0 bridgehead atoms. The molecule has 70 valence electrons. The van der Waals surface area contributed by atoms with Gasteiger partial charge in [-0.2, -0.15) is 4.98 Å². The summed E-state index contributed by atoms with van der Waals surface area (Å²) >= 11 is 0. The highest BCUT2D eigenvalue weighted by Gasteiger charge is 2.21. The second-order valence-electron chi connectivity index (χ2n) is 3.07. The number of oxazole rings is 1. The van der Waals surface area contributed by atoms with Gasteiger partial charge in [0.15, 0.2) is 5.69 Å². The molecule has 1 fully saturated rings. The van der Waals surface area contributed by atoms with Crippen molar-refractivity contribution in [2.75, 3.05) is 18.8 Å². The number of nitrogens with two attached hydrogens (primary N) is 1. The van der Waals surface area contributed by atoms with Crippen LogP contribution in [-0.4, -0.2) is 28.9 Å². The minimum Gasteiger partial charge on any atom is -0.431 e. The summed E-state index contributed by atoms with van der Waals surface area (Å²) in [5.74, 6) is -0.0852. The third-order valence-corrected chi connectivity index (χ3v) is 2.13. The molecule has 1 aliphatic heterocycles. The van der Waals surface area contributed by atoms with E-state index in [0.29, 0.717) is 5.69 Å². The molecule has 0 aromatic carbocycles. The van der Waals surface area contributed by atoms with E-state index in [1.54, 1.807) is 4.90 Å². The number of hydrogen-bond donors (Lipinski definition) is 1. The average Bonchev–Trinajstić information content (AvgIpc) is 2.72. The molecule has 5 nitrogen and oxygen atoms in total. The Hall–Kier alpha value is -1.52. The lowest BCUT2D eigenvalue weighted by Gasteiger charge is -2.12. The number of likely N-dealkylation sites (tertiary alicyclic amines) is 1. The first-order valence-corrected chi connectivity index (χ1v) is 4.27. The molecule has 2 heterocycles. The van der Waals surface area contributed by atoms with Gasteiger partial charge in [-0.15, -0.1) is 0 Å². The molecule has 1 aromatic rings. The zero-order valence-corrected chi connectivity index (χ0v) is 7.19. The summed E-state index contributed by atoms with van der Waals surface area (Å²) in [6.45, 7) is 1.62. The Kier molecular flexibility index (Phi) is 1.92. The van der Waals surface area contributed by atoms with Gasteiger partial charge in [-0.3, -0.25) is 4.79 Å². The highest BCUT2D eigenvalue weighted by molar-refractivity contribution is 5.92. The number of nitrogen functional groups attached to an aromatic ring is 1. The molecule has 1 aromatic heterocycles. The molecule has 1 amide bonds. The number of hydrogen-bond acceptors (Lipinski definition) is 4. The number of anilines is 1. The summed E-state index contributed by atoms with van der Waals surface area (Å²) in [5.41, 5.74) is 5.57. The summed E-state index contributed by atoms with van der Waals surface area (Å²) in [7, 11) is 0. The highest BCUT2D eigenvalue weighted by Crippen LogP contribution is 2.12. The molecule has 13 heavy (non-hydrogen) atoms. The van der Waals surface area contributed by atoms with Crippen LogP contribution in [0.25, 0.3) is 0 Å². The predicted molar refractivity (Wildman–Crippen MR) is 46.1 cm³/mol. The minimum atomic E-state index is -0.0852. The largest absolute Gasteiger partial charge is 0.431 e. The van der Waals surface area contributed by atoms with Crippen LogP contribution in [-0.2, 0) is 0 Å². The fourth-order valence-electron chi connectivity index (χ4n) is 1.47. The molecular formula is C8H11N3O2. The van der Waals surface area contributed by atoms with E-state index in [1.165, 1.54) is 6.26 Å². The molecule has 2 rings (SSSR count). The number of carbonyl (C=O) groups excluding carboxylic acids is 1. The van der Waals surface area contributed by atoms with Crippen molar-refractivity contribution in [3.8, 4) is 0 Å². The van der Waals surface area contributed by atoms with E-state index < -0.39 is 0 Å². The van der Waals surface area contributed by atoms with Gasteiger partial charge in [0.25, 0.3) is 11.9 Å². The Labute approximate surface area is 75.5 Å². The molecule has 0 radical (unpaired) electrons. The first-order chi connectivity index (χ1) is 6.27. The van der Waals surface area contributed by atoms with E-state index >= 15 is 0 Å². The number of amides is 1. The molecule has 5 heteroatoms. The van der Waals surface area contributed by atoms with Crippen LogP contribution in [0.1, 0.15) is 23.3 Å². The molecule has 2 N–H and O–H groups in total. The molecule has 0 spiro atoms. The Morgan fingerprint density at radius 1 is 1.54 bits per heavy atom. The summed E-state index contributed by atoms with van der Waals surface area (Å²) in [4.78, 5) is 17.1. The lowest BCUT2D eigenvalue weighted by atomic mass is 10.4. The van der Waals surface area contributed by atoms with Crippen molar-refractivity contribution in [1.29, 1.82) is 0 Å². The van der Waals surface area contributed by atoms with E-state index in [2.05, 4.69) is 4.98 Å². The number of aromatic nitrogens is 1. The van der Waals surface area contributed by atoms with Crippen LogP contribution in [0, 0.1) is 0 Å². The molecule has 1 saturated heterocycles. The smallest absolute Gasteiger partial charge is 0.292 e. The summed E-state index contributed by atoms with van der Waals surface area (Å²) < 4.78 is 4.76. The van der Waals surface area contributed by atoms with Crippen LogP contribution in [0.4, 0.5) is 6.01 Å². The van der Waals surface area contributed by atoms with Gasteiger partial charge in [0.1, 0.15) is 6.26 Å². The van der Waals surface area contributed by atoms with E-state index in [1.807, 2.05) is 0 Å². The van der Waals surface area contributed by atoms with Gasteiger partial charge in [0, 0.05) is 13.1 Å². The van der Waals surface area contributed by atoms with Crippen molar-refractivity contribution in [3.63, 3.8) is 0 Å². The molecule has 1 aliphatic rings. The van der Waals surface area contributed by atoms with Crippen LogP contribution < -0.4 is 5.73 Å². The Bertz CT molecular complexity index is 315. The standard InChI is InChI=1S/C8H11N3O2/c9-8-10-6(5-13-8)7(12)11-3-1-2-4-11/h5H,1-4H2,(H2,9,10). The van der Waals surface area contributed by atoms with E-state index in [4.69, 9.17) is 10.2 Å². The fourth-order valence-corrected chi connectivity index (χ4v) is 1.47. The van der Waals surface area contributed by atoms with Gasteiger partial charge in [-0.05, 0) is 12.8 Å². The summed E-state index contributed by atoms with van der Waals surface area (Å²) in [5, 5.41) is 0. The zero-order chi connectivity index (χ0) is 9.26. The van der Waals surface area contributed by atoms with Crippen LogP contribution in [0.3, 0.4) is 0 Å². The quantitative estimate of drug-likeness (QED) is 0.684. The van der Waals surface area contributed by atoms with Crippen LogP contribution in [0.2, 0.25) is 0 Å². The van der Waals surface area contributed by atoms with Gasteiger partial charge in [0.2, 0.25) is 0 Å². The monoisotopic (exact) mass is 181 g/mol. The SMILES string of the molecule is Nc1nc(C(=O)N2CCCC2)co1. The van der Waals surface area contributed by atoms with Gasteiger partial charge in [0.05, 0.1) is 0 Å². The second-order valence-corrected chi connectivity index (χ2v) is 3.07.